The van der Waals surface area contributed by atoms with Crippen LogP contribution in [0, 0.1) is 6.92 Å². The summed E-state index contributed by atoms with van der Waals surface area (Å²) in [4.78, 5) is 32.0. The molecule has 2 aromatic rings. The van der Waals surface area contributed by atoms with Crippen LogP contribution in [0.2, 0.25) is 0 Å². The van der Waals surface area contributed by atoms with E-state index in [1.165, 1.54) is 19.2 Å². The lowest BCUT2D eigenvalue weighted by atomic mass is 10.3. The number of hydrogen-bond acceptors (Lipinski definition) is 7. The number of anilines is 2. The van der Waals surface area contributed by atoms with Gasteiger partial charge in [-0.2, -0.15) is 10.1 Å². The molecule has 0 bridgehead atoms. The van der Waals surface area contributed by atoms with E-state index in [-0.39, 0.29) is 12.5 Å². The third-order valence-corrected chi connectivity index (χ3v) is 4.94. The monoisotopic (exact) mass is 356 g/mol. The van der Waals surface area contributed by atoms with Crippen molar-refractivity contribution in [3.05, 3.63) is 24.4 Å². The van der Waals surface area contributed by atoms with Gasteiger partial charge in [-0.25, -0.2) is 14.6 Å². The molecule has 0 N–H and O–H groups in total. The molecule has 4 heterocycles. The first kappa shape index (κ1) is 16.7. The quantitative estimate of drug-likeness (QED) is 0.780. The van der Waals surface area contributed by atoms with Crippen molar-refractivity contribution in [1.82, 2.24) is 29.6 Å². The maximum Gasteiger partial charge on any atom is 0.244 e. The van der Waals surface area contributed by atoms with Gasteiger partial charge in [0.1, 0.15) is 25.0 Å². The second-order valence-electron chi connectivity index (χ2n) is 6.82. The molecule has 9 nitrogen and oxygen atoms in total. The largest absolute Gasteiger partial charge is 0.353 e. The number of aryl methyl sites for hydroxylation is 1. The Hall–Kier alpha value is -2.71. The van der Waals surface area contributed by atoms with E-state index in [1.54, 1.807) is 11.0 Å². The normalized spacial score (nSPS) is 17.8. The fourth-order valence-electron chi connectivity index (χ4n) is 3.50. The SMILES string of the molecule is Cc1cc(N2CCN(C(=O)Cn3cncn3)CC2)nc(N2CCCC2)n1. The van der Waals surface area contributed by atoms with Gasteiger partial charge < -0.3 is 14.7 Å². The molecular weight excluding hydrogens is 332 g/mol. The van der Waals surface area contributed by atoms with Crippen molar-refractivity contribution in [2.45, 2.75) is 26.3 Å². The Morgan fingerprint density at radius 2 is 1.81 bits per heavy atom. The third-order valence-electron chi connectivity index (χ3n) is 4.94. The van der Waals surface area contributed by atoms with Gasteiger partial charge in [0, 0.05) is 51.0 Å². The van der Waals surface area contributed by atoms with Crippen molar-refractivity contribution < 1.29 is 4.79 Å². The van der Waals surface area contributed by atoms with E-state index in [2.05, 4.69) is 24.9 Å². The van der Waals surface area contributed by atoms with Crippen molar-refractivity contribution in [2.24, 2.45) is 0 Å². The van der Waals surface area contributed by atoms with Crippen LogP contribution in [0.1, 0.15) is 18.5 Å². The van der Waals surface area contributed by atoms with Gasteiger partial charge in [-0.1, -0.05) is 0 Å². The van der Waals surface area contributed by atoms with Crippen LogP contribution < -0.4 is 9.80 Å². The standard InChI is InChI=1S/C17H24N8O/c1-14-10-15(21-17(20-14)24-4-2-3-5-24)22-6-8-23(9-7-22)16(26)11-25-13-18-12-19-25/h10,12-13H,2-9,11H2,1H3. The summed E-state index contributed by atoms with van der Waals surface area (Å²) in [6.07, 6.45) is 5.43. The van der Waals surface area contributed by atoms with E-state index in [9.17, 15) is 4.79 Å². The van der Waals surface area contributed by atoms with E-state index in [0.29, 0.717) is 13.1 Å². The molecule has 2 aliphatic rings. The van der Waals surface area contributed by atoms with Gasteiger partial charge in [0.2, 0.25) is 11.9 Å². The topological polar surface area (TPSA) is 83.3 Å². The van der Waals surface area contributed by atoms with Crippen LogP contribution in [0.4, 0.5) is 11.8 Å². The predicted octanol–water partition coefficient (Wildman–Crippen LogP) is 0.326. The number of rotatable bonds is 4. The minimum absolute atomic E-state index is 0.0757. The molecule has 1 amide bonds. The average molecular weight is 356 g/mol. The molecule has 2 aromatic heterocycles. The van der Waals surface area contributed by atoms with Crippen LogP contribution in [-0.4, -0.2) is 74.8 Å². The van der Waals surface area contributed by atoms with Gasteiger partial charge in [0.25, 0.3) is 0 Å². The lowest BCUT2D eigenvalue weighted by Gasteiger charge is -2.35. The Balaban J connectivity index is 1.39. The average Bonchev–Trinajstić information content (AvgIpc) is 3.35. The molecule has 2 fully saturated rings. The van der Waals surface area contributed by atoms with Crippen molar-refractivity contribution in [2.75, 3.05) is 49.1 Å². The first-order chi connectivity index (χ1) is 12.7. The highest BCUT2D eigenvalue weighted by Crippen LogP contribution is 2.21. The summed E-state index contributed by atoms with van der Waals surface area (Å²) in [6.45, 7) is 7.26. The number of carbonyl (C=O) groups is 1. The molecule has 4 rings (SSSR count). The minimum atomic E-state index is 0.0757. The number of hydrogen-bond donors (Lipinski definition) is 0. The van der Waals surface area contributed by atoms with Crippen molar-refractivity contribution in [3.63, 3.8) is 0 Å². The molecule has 2 saturated heterocycles. The number of piperazine rings is 1. The Morgan fingerprint density at radius 3 is 2.50 bits per heavy atom. The number of aromatic nitrogens is 5. The van der Waals surface area contributed by atoms with E-state index >= 15 is 0 Å². The molecule has 0 aliphatic carbocycles. The van der Waals surface area contributed by atoms with Gasteiger partial charge in [-0.05, 0) is 19.8 Å². The summed E-state index contributed by atoms with van der Waals surface area (Å²) in [7, 11) is 0. The van der Waals surface area contributed by atoms with E-state index in [1.807, 2.05) is 17.9 Å². The molecule has 9 heteroatoms. The van der Waals surface area contributed by atoms with Crippen LogP contribution in [0.5, 0.6) is 0 Å². The maximum absolute atomic E-state index is 12.4. The predicted molar refractivity (Wildman–Crippen MR) is 97.0 cm³/mol. The van der Waals surface area contributed by atoms with Crippen LogP contribution in [0.3, 0.4) is 0 Å². The molecule has 138 valence electrons. The summed E-state index contributed by atoms with van der Waals surface area (Å²) in [5.41, 5.74) is 0.988. The maximum atomic E-state index is 12.4. The van der Waals surface area contributed by atoms with E-state index in [4.69, 9.17) is 4.98 Å². The summed E-state index contributed by atoms with van der Waals surface area (Å²) in [5, 5.41) is 4.00. The van der Waals surface area contributed by atoms with Gasteiger partial charge in [-0.3, -0.25) is 4.79 Å². The van der Waals surface area contributed by atoms with Gasteiger partial charge in [0.15, 0.2) is 0 Å². The highest BCUT2D eigenvalue weighted by molar-refractivity contribution is 5.76. The summed E-state index contributed by atoms with van der Waals surface area (Å²) in [5.74, 6) is 1.87. The third kappa shape index (κ3) is 3.61. The first-order valence-corrected chi connectivity index (χ1v) is 9.15. The molecular formula is C17H24N8O. The van der Waals surface area contributed by atoms with Gasteiger partial charge in [0.05, 0.1) is 0 Å². The fraction of sp³-hybridized carbons (Fsp3) is 0.588. The van der Waals surface area contributed by atoms with Gasteiger partial charge in [-0.15, -0.1) is 0 Å². The Kier molecular flexibility index (Phi) is 4.68. The fourth-order valence-corrected chi connectivity index (χ4v) is 3.50. The summed E-state index contributed by atoms with van der Waals surface area (Å²) in [6, 6.07) is 2.03. The molecule has 0 spiro atoms. The second-order valence-corrected chi connectivity index (χ2v) is 6.82. The van der Waals surface area contributed by atoms with Crippen molar-refractivity contribution in [1.29, 1.82) is 0 Å². The van der Waals surface area contributed by atoms with Crippen molar-refractivity contribution in [3.8, 4) is 0 Å². The Morgan fingerprint density at radius 1 is 1.04 bits per heavy atom. The van der Waals surface area contributed by atoms with Crippen LogP contribution in [0.15, 0.2) is 18.7 Å². The molecule has 0 aromatic carbocycles. The molecule has 2 aliphatic heterocycles. The highest BCUT2D eigenvalue weighted by Gasteiger charge is 2.24. The summed E-state index contributed by atoms with van der Waals surface area (Å²) >= 11 is 0. The molecule has 0 atom stereocenters. The minimum Gasteiger partial charge on any atom is -0.353 e. The Labute approximate surface area is 152 Å². The van der Waals surface area contributed by atoms with E-state index < -0.39 is 0 Å². The van der Waals surface area contributed by atoms with Gasteiger partial charge >= 0.3 is 0 Å². The molecule has 0 radical (unpaired) electrons. The molecule has 0 saturated carbocycles. The highest BCUT2D eigenvalue weighted by atomic mass is 16.2. The zero-order valence-corrected chi connectivity index (χ0v) is 15.1. The lowest BCUT2D eigenvalue weighted by molar-refractivity contribution is -0.132. The smallest absolute Gasteiger partial charge is 0.244 e. The Bertz CT molecular complexity index is 748. The number of nitrogens with zero attached hydrogens (tertiary/aromatic N) is 8. The molecule has 0 unspecified atom stereocenters. The number of amides is 1. The lowest BCUT2D eigenvalue weighted by Crippen LogP contribution is -2.50. The zero-order valence-electron chi connectivity index (χ0n) is 15.1. The number of carbonyl (C=O) groups excluding carboxylic acids is 1. The van der Waals surface area contributed by atoms with Crippen LogP contribution >= 0.6 is 0 Å². The zero-order chi connectivity index (χ0) is 17.9. The van der Waals surface area contributed by atoms with E-state index in [0.717, 1.165) is 43.6 Å². The molecule has 26 heavy (non-hydrogen) atoms. The second kappa shape index (κ2) is 7.27. The summed E-state index contributed by atoms with van der Waals surface area (Å²) < 4.78 is 1.56. The van der Waals surface area contributed by atoms with Crippen molar-refractivity contribution >= 4 is 17.7 Å². The first-order valence-electron chi connectivity index (χ1n) is 9.15. The van der Waals surface area contributed by atoms with Crippen LogP contribution in [-0.2, 0) is 11.3 Å². The van der Waals surface area contributed by atoms with Crippen LogP contribution in [0.25, 0.3) is 0 Å².